The first-order valence-corrected chi connectivity index (χ1v) is 9.77. The highest BCUT2D eigenvalue weighted by Crippen LogP contribution is 2.26. The molecule has 0 saturated heterocycles. The molecule has 0 aliphatic heterocycles. The molecule has 3 N–H and O–H groups in total. The fourth-order valence-corrected chi connectivity index (χ4v) is 3.56. The van der Waals surface area contributed by atoms with Crippen LogP contribution in [0.3, 0.4) is 0 Å². The number of hydrogen-bond acceptors (Lipinski definition) is 5. The van der Waals surface area contributed by atoms with Crippen molar-refractivity contribution in [1.82, 2.24) is 15.1 Å². The third-order valence-electron chi connectivity index (χ3n) is 4.59. The number of nitrogens with zero attached hydrogens (tertiary/aromatic N) is 2. The third kappa shape index (κ3) is 4.87. The third-order valence-corrected chi connectivity index (χ3v) is 5.22. The van der Waals surface area contributed by atoms with E-state index in [0.717, 1.165) is 4.68 Å². The quantitative estimate of drug-likeness (QED) is 0.518. The molecule has 1 aromatic heterocycles. The average Bonchev–Trinajstić information content (AvgIpc) is 2.71. The van der Waals surface area contributed by atoms with E-state index in [1.807, 2.05) is 0 Å². The maximum Gasteiger partial charge on any atom is 0.326 e. The molecule has 31 heavy (non-hydrogen) atoms. The standard InChI is InChI=1S/C21H17Cl2N3O5/c1-26-20(29)17(16(27)10-24-26)12-7-5-11(6-8-12)9-15(21(30)31)25-19(28)18-13(22)3-2-4-14(18)23/h2-8,10,15,27H,9H2,1H3,(H,25,28)(H,30,31)/t15-/m0/s1. The normalized spacial score (nSPS) is 11.7. The van der Waals surface area contributed by atoms with Gasteiger partial charge in [-0.3, -0.25) is 9.59 Å². The summed E-state index contributed by atoms with van der Waals surface area (Å²) in [6.45, 7) is 0. The van der Waals surface area contributed by atoms with Crippen LogP contribution in [0.15, 0.2) is 53.5 Å². The lowest BCUT2D eigenvalue weighted by Gasteiger charge is -2.16. The van der Waals surface area contributed by atoms with Gasteiger partial charge in [0.05, 0.1) is 27.4 Å². The zero-order chi connectivity index (χ0) is 22.7. The van der Waals surface area contributed by atoms with E-state index in [0.29, 0.717) is 11.1 Å². The number of aryl methyl sites for hydroxylation is 1. The summed E-state index contributed by atoms with van der Waals surface area (Å²) in [6, 6.07) is 9.68. The van der Waals surface area contributed by atoms with E-state index in [2.05, 4.69) is 10.4 Å². The van der Waals surface area contributed by atoms with Gasteiger partial charge in [-0.25, -0.2) is 9.48 Å². The van der Waals surface area contributed by atoms with Crippen molar-refractivity contribution < 1.29 is 19.8 Å². The van der Waals surface area contributed by atoms with Crippen LogP contribution >= 0.6 is 23.2 Å². The molecule has 1 amide bonds. The lowest BCUT2D eigenvalue weighted by Crippen LogP contribution is -2.42. The van der Waals surface area contributed by atoms with Crippen LogP contribution in [0.2, 0.25) is 10.0 Å². The van der Waals surface area contributed by atoms with Gasteiger partial charge < -0.3 is 15.5 Å². The Hall–Kier alpha value is -3.36. The number of benzene rings is 2. The minimum Gasteiger partial charge on any atom is -0.505 e. The lowest BCUT2D eigenvalue weighted by molar-refractivity contribution is -0.139. The van der Waals surface area contributed by atoms with E-state index >= 15 is 0 Å². The molecule has 0 aliphatic rings. The van der Waals surface area contributed by atoms with Gasteiger partial charge in [-0.05, 0) is 23.3 Å². The molecule has 0 radical (unpaired) electrons. The molecule has 0 spiro atoms. The molecule has 8 nitrogen and oxygen atoms in total. The summed E-state index contributed by atoms with van der Waals surface area (Å²) in [6.07, 6.45) is 1.14. The van der Waals surface area contributed by atoms with E-state index in [9.17, 15) is 24.6 Å². The Morgan fingerprint density at radius 3 is 2.32 bits per heavy atom. The molecular weight excluding hydrogens is 445 g/mol. The van der Waals surface area contributed by atoms with Gasteiger partial charge in [-0.1, -0.05) is 53.5 Å². The molecule has 1 atom stereocenters. The Morgan fingerprint density at radius 1 is 1.13 bits per heavy atom. The number of halogens is 2. The van der Waals surface area contributed by atoms with E-state index in [4.69, 9.17) is 23.2 Å². The Morgan fingerprint density at radius 2 is 1.74 bits per heavy atom. The van der Waals surface area contributed by atoms with Crippen molar-refractivity contribution in [2.75, 3.05) is 0 Å². The van der Waals surface area contributed by atoms with Gasteiger partial charge in [0.15, 0.2) is 0 Å². The van der Waals surface area contributed by atoms with Gasteiger partial charge in [0.1, 0.15) is 11.8 Å². The predicted octanol–water partition coefficient (Wildman–Crippen LogP) is 2.89. The molecule has 0 bridgehead atoms. The SMILES string of the molecule is Cn1ncc(O)c(-c2ccc(C[C@H](NC(=O)c3c(Cl)cccc3Cl)C(=O)O)cc2)c1=O. The lowest BCUT2D eigenvalue weighted by atomic mass is 10.0. The molecule has 3 aromatic rings. The summed E-state index contributed by atoms with van der Waals surface area (Å²) in [5.74, 6) is -2.20. The van der Waals surface area contributed by atoms with Crippen molar-refractivity contribution in [2.24, 2.45) is 7.05 Å². The molecule has 0 saturated carbocycles. The maximum atomic E-state index is 12.5. The highest BCUT2D eigenvalue weighted by Gasteiger charge is 2.24. The van der Waals surface area contributed by atoms with Crippen LogP contribution in [0.1, 0.15) is 15.9 Å². The minimum absolute atomic E-state index is 0.00330. The number of hydrogen-bond donors (Lipinski definition) is 3. The topological polar surface area (TPSA) is 122 Å². The Labute approximate surface area is 186 Å². The fourth-order valence-electron chi connectivity index (χ4n) is 2.99. The van der Waals surface area contributed by atoms with Crippen LogP contribution in [0.5, 0.6) is 5.75 Å². The second kappa shape index (κ2) is 9.20. The molecule has 0 unspecified atom stereocenters. The van der Waals surface area contributed by atoms with Crippen LogP contribution in [0, 0.1) is 0 Å². The fraction of sp³-hybridized carbons (Fsp3) is 0.143. The van der Waals surface area contributed by atoms with Gasteiger partial charge in [-0.2, -0.15) is 5.10 Å². The summed E-state index contributed by atoms with van der Waals surface area (Å²) in [5.41, 5.74) is 0.645. The number of amides is 1. The van der Waals surface area contributed by atoms with Gasteiger partial charge in [0.2, 0.25) is 0 Å². The first-order chi connectivity index (χ1) is 14.7. The van der Waals surface area contributed by atoms with Crippen molar-refractivity contribution in [3.05, 3.63) is 80.2 Å². The summed E-state index contributed by atoms with van der Waals surface area (Å²) in [4.78, 5) is 36.5. The van der Waals surface area contributed by atoms with Gasteiger partial charge in [0, 0.05) is 13.5 Å². The average molecular weight is 462 g/mol. The van der Waals surface area contributed by atoms with Crippen molar-refractivity contribution in [2.45, 2.75) is 12.5 Å². The van der Waals surface area contributed by atoms with Crippen LogP contribution in [0.25, 0.3) is 11.1 Å². The second-order valence-corrected chi connectivity index (χ2v) is 7.51. The summed E-state index contributed by atoms with van der Waals surface area (Å²) in [5, 5.41) is 25.9. The molecule has 10 heteroatoms. The summed E-state index contributed by atoms with van der Waals surface area (Å²) < 4.78 is 1.10. The molecule has 0 aliphatic carbocycles. The number of aromatic nitrogens is 2. The maximum absolute atomic E-state index is 12.5. The smallest absolute Gasteiger partial charge is 0.326 e. The van der Waals surface area contributed by atoms with Crippen LogP contribution in [0.4, 0.5) is 0 Å². The largest absolute Gasteiger partial charge is 0.505 e. The van der Waals surface area contributed by atoms with E-state index in [-0.39, 0.29) is 33.3 Å². The Bertz CT molecular complexity index is 1190. The Kier molecular flexibility index (Phi) is 6.62. The van der Waals surface area contributed by atoms with Crippen molar-refractivity contribution in [3.63, 3.8) is 0 Å². The van der Waals surface area contributed by atoms with Crippen LogP contribution in [-0.4, -0.2) is 37.9 Å². The zero-order valence-corrected chi connectivity index (χ0v) is 17.7. The van der Waals surface area contributed by atoms with Gasteiger partial charge >= 0.3 is 5.97 Å². The van der Waals surface area contributed by atoms with Crippen molar-refractivity contribution in [3.8, 4) is 16.9 Å². The highest BCUT2D eigenvalue weighted by atomic mass is 35.5. The molecule has 160 valence electrons. The van der Waals surface area contributed by atoms with Gasteiger partial charge in [-0.15, -0.1) is 0 Å². The van der Waals surface area contributed by atoms with Crippen molar-refractivity contribution in [1.29, 1.82) is 0 Å². The molecule has 3 rings (SSSR count). The predicted molar refractivity (Wildman–Crippen MR) is 116 cm³/mol. The highest BCUT2D eigenvalue weighted by molar-refractivity contribution is 6.39. The van der Waals surface area contributed by atoms with Crippen LogP contribution in [-0.2, 0) is 18.3 Å². The number of carbonyl (C=O) groups is 2. The first-order valence-electron chi connectivity index (χ1n) is 9.01. The number of carboxylic acid groups (broad SMARTS) is 1. The van der Waals surface area contributed by atoms with E-state index in [1.54, 1.807) is 30.3 Å². The van der Waals surface area contributed by atoms with Crippen molar-refractivity contribution >= 4 is 35.1 Å². The summed E-state index contributed by atoms with van der Waals surface area (Å²) in [7, 11) is 1.46. The molecule has 0 fully saturated rings. The second-order valence-electron chi connectivity index (χ2n) is 6.70. The number of carbonyl (C=O) groups excluding carboxylic acids is 1. The van der Waals surface area contributed by atoms with E-state index < -0.39 is 23.5 Å². The molecular formula is C21H17Cl2N3O5. The van der Waals surface area contributed by atoms with Gasteiger partial charge in [0.25, 0.3) is 11.5 Å². The van der Waals surface area contributed by atoms with E-state index in [1.165, 1.54) is 25.4 Å². The first kappa shape index (κ1) is 22.3. The molecule has 1 heterocycles. The number of carboxylic acids is 1. The number of nitrogens with one attached hydrogen (secondary N) is 1. The monoisotopic (exact) mass is 461 g/mol. The number of rotatable bonds is 6. The summed E-state index contributed by atoms with van der Waals surface area (Å²) >= 11 is 12.0. The number of aliphatic carboxylic acids is 1. The molecule has 2 aromatic carbocycles. The Balaban J connectivity index is 1.82. The number of aromatic hydroxyl groups is 1. The zero-order valence-electron chi connectivity index (χ0n) is 16.2. The van der Waals surface area contributed by atoms with Crippen LogP contribution < -0.4 is 10.9 Å². The minimum atomic E-state index is -1.24.